The number of rotatable bonds is 6. The van der Waals surface area contributed by atoms with E-state index in [2.05, 4.69) is 15.5 Å². The first-order valence-corrected chi connectivity index (χ1v) is 9.03. The number of amides is 2. The summed E-state index contributed by atoms with van der Waals surface area (Å²) in [7, 11) is 3.59. The molecule has 28 heavy (non-hydrogen) atoms. The van der Waals surface area contributed by atoms with Crippen molar-refractivity contribution >= 4 is 11.8 Å². The van der Waals surface area contributed by atoms with Crippen LogP contribution in [-0.4, -0.2) is 56.3 Å². The van der Waals surface area contributed by atoms with Gasteiger partial charge in [-0.15, -0.1) is 0 Å². The van der Waals surface area contributed by atoms with Crippen LogP contribution in [0.3, 0.4) is 0 Å². The monoisotopic (exact) mass is 394 g/mol. The predicted molar refractivity (Wildman–Crippen MR) is 96.9 cm³/mol. The number of hydrogen-bond acceptors (Lipinski definition) is 4. The van der Waals surface area contributed by atoms with Crippen molar-refractivity contribution in [2.45, 2.75) is 39.3 Å². The molecule has 0 aliphatic carbocycles. The second-order valence-electron chi connectivity index (χ2n) is 7.17. The Morgan fingerprint density at radius 2 is 2.07 bits per heavy atom. The first-order chi connectivity index (χ1) is 13.2. The normalized spacial score (nSPS) is 19.7. The van der Waals surface area contributed by atoms with Gasteiger partial charge in [0.15, 0.2) is 0 Å². The van der Waals surface area contributed by atoms with Crippen LogP contribution in [0.15, 0.2) is 12.4 Å². The van der Waals surface area contributed by atoms with E-state index >= 15 is 0 Å². The third kappa shape index (κ3) is 3.76. The summed E-state index contributed by atoms with van der Waals surface area (Å²) in [6, 6.07) is -0.177. The van der Waals surface area contributed by atoms with Crippen LogP contribution in [0.2, 0.25) is 0 Å². The molecule has 0 bridgehead atoms. The number of carbonyl (C=O) groups excluding carboxylic acids is 2. The summed E-state index contributed by atoms with van der Waals surface area (Å²) in [5, 5.41) is 11.0. The van der Waals surface area contributed by atoms with E-state index in [1.807, 2.05) is 14.0 Å². The fourth-order valence-corrected chi connectivity index (χ4v) is 3.70. The second-order valence-corrected chi connectivity index (χ2v) is 7.17. The Morgan fingerprint density at radius 1 is 1.36 bits per heavy atom. The molecule has 2 aromatic heterocycles. The lowest BCUT2D eigenvalue weighted by Gasteiger charge is -2.25. The highest BCUT2D eigenvalue weighted by Crippen LogP contribution is 2.37. The molecule has 10 heteroatoms. The molecule has 0 unspecified atom stereocenters. The quantitative estimate of drug-likeness (QED) is 0.804. The van der Waals surface area contributed by atoms with E-state index in [9.17, 15) is 18.4 Å². The molecule has 0 radical (unpaired) electrons. The van der Waals surface area contributed by atoms with E-state index in [4.69, 9.17) is 0 Å². The molecule has 0 spiro atoms. The molecule has 2 amide bonds. The Hall–Kier alpha value is -2.78. The molecular formula is C18H24F2N6O2. The van der Waals surface area contributed by atoms with Gasteiger partial charge in [-0.2, -0.15) is 10.2 Å². The molecule has 1 aliphatic rings. The summed E-state index contributed by atoms with van der Waals surface area (Å²) in [5.74, 6) is -0.490. The number of likely N-dealkylation sites (tertiary alicyclic amines) is 1. The molecular weight excluding hydrogens is 370 g/mol. The van der Waals surface area contributed by atoms with Crippen LogP contribution in [0, 0.1) is 19.8 Å². The van der Waals surface area contributed by atoms with E-state index < -0.39 is 13.0 Å². The average molecular weight is 394 g/mol. The maximum atomic E-state index is 12.5. The molecule has 3 heterocycles. The van der Waals surface area contributed by atoms with Crippen LogP contribution in [0.1, 0.15) is 39.8 Å². The minimum absolute atomic E-state index is 0.00781. The number of halogens is 2. The Morgan fingerprint density at radius 3 is 2.68 bits per heavy atom. The van der Waals surface area contributed by atoms with Crippen molar-refractivity contribution in [3.05, 3.63) is 34.9 Å². The summed E-state index contributed by atoms with van der Waals surface area (Å²) < 4.78 is 27.9. The van der Waals surface area contributed by atoms with E-state index in [1.54, 1.807) is 29.7 Å². The van der Waals surface area contributed by atoms with Gasteiger partial charge in [-0.1, -0.05) is 0 Å². The van der Waals surface area contributed by atoms with Gasteiger partial charge in [0.2, 0.25) is 5.91 Å². The highest BCUT2D eigenvalue weighted by molar-refractivity contribution is 5.95. The van der Waals surface area contributed by atoms with Crippen LogP contribution in [0.4, 0.5) is 8.78 Å². The maximum Gasteiger partial charge on any atom is 0.257 e. The molecule has 2 aromatic rings. The van der Waals surface area contributed by atoms with E-state index in [0.29, 0.717) is 12.1 Å². The SMILES string of the molecule is Cc1nn(CC(F)F)cc1C(=O)NC[C@H]1CC(=O)N(C)[C@@H]1c1cnn(C)c1C. The molecule has 1 aliphatic heterocycles. The van der Waals surface area contributed by atoms with Gasteiger partial charge in [-0.25, -0.2) is 8.78 Å². The number of nitrogens with zero attached hydrogens (tertiary/aromatic N) is 5. The van der Waals surface area contributed by atoms with Gasteiger partial charge < -0.3 is 10.2 Å². The highest BCUT2D eigenvalue weighted by atomic mass is 19.3. The zero-order chi connectivity index (χ0) is 20.6. The molecule has 152 valence electrons. The van der Waals surface area contributed by atoms with Crippen molar-refractivity contribution in [1.82, 2.24) is 29.8 Å². The molecule has 2 atom stereocenters. The van der Waals surface area contributed by atoms with E-state index in [-0.39, 0.29) is 35.9 Å². The molecule has 1 saturated heterocycles. The van der Waals surface area contributed by atoms with Crippen LogP contribution in [0.25, 0.3) is 0 Å². The molecule has 3 rings (SSSR count). The summed E-state index contributed by atoms with van der Waals surface area (Å²) in [6.07, 6.45) is 0.853. The number of hydrogen-bond donors (Lipinski definition) is 1. The third-order valence-electron chi connectivity index (χ3n) is 5.33. The smallest absolute Gasteiger partial charge is 0.257 e. The largest absolute Gasteiger partial charge is 0.352 e. The standard InChI is InChI=1S/C18H24F2N6O2/c1-10-14(8-26(23-10)9-15(19)20)18(28)21-6-12-5-16(27)24(3)17(12)13-7-22-25(4)11(13)2/h7-8,12,15,17H,5-6,9H2,1-4H3,(H,21,28)/t12-,17+/m1/s1. The summed E-state index contributed by atoms with van der Waals surface area (Å²) in [6.45, 7) is 3.27. The van der Waals surface area contributed by atoms with Crippen molar-refractivity contribution in [3.63, 3.8) is 0 Å². The molecule has 0 aromatic carbocycles. The fraction of sp³-hybridized carbons (Fsp3) is 0.556. The molecule has 1 N–H and O–H groups in total. The zero-order valence-electron chi connectivity index (χ0n) is 16.3. The number of carbonyl (C=O) groups is 2. The van der Waals surface area contributed by atoms with E-state index in [0.717, 1.165) is 15.9 Å². The van der Waals surface area contributed by atoms with Crippen molar-refractivity contribution in [2.24, 2.45) is 13.0 Å². The summed E-state index contributed by atoms with van der Waals surface area (Å²) in [4.78, 5) is 26.5. The van der Waals surface area contributed by atoms with Crippen molar-refractivity contribution in [2.75, 3.05) is 13.6 Å². The lowest BCUT2D eigenvalue weighted by molar-refractivity contribution is -0.127. The van der Waals surface area contributed by atoms with E-state index in [1.165, 1.54) is 6.20 Å². The Labute approximate surface area is 161 Å². The van der Waals surface area contributed by atoms with Crippen LogP contribution in [0.5, 0.6) is 0 Å². The Balaban J connectivity index is 1.72. The van der Waals surface area contributed by atoms with Crippen molar-refractivity contribution in [1.29, 1.82) is 0 Å². The van der Waals surface area contributed by atoms with Gasteiger partial charge in [0.25, 0.3) is 12.3 Å². The summed E-state index contributed by atoms with van der Waals surface area (Å²) >= 11 is 0. The molecule has 0 saturated carbocycles. The lowest BCUT2D eigenvalue weighted by Crippen LogP contribution is -2.33. The maximum absolute atomic E-state index is 12.5. The van der Waals surface area contributed by atoms with Gasteiger partial charge >= 0.3 is 0 Å². The average Bonchev–Trinajstić information content (AvgIpc) is 3.23. The van der Waals surface area contributed by atoms with Gasteiger partial charge in [-0.3, -0.25) is 19.0 Å². The van der Waals surface area contributed by atoms with Gasteiger partial charge in [0.05, 0.1) is 23.5 Å². The minimum atomic E-state index is -2.54. The predicted octanol–water partition coefficient (Wildman–Crippen LogP) is 1.45. The topological polar surface area (TPSA) is 85.1 Å². The fourth-order valence-electron chi connectivity index (χ4n) is 3.70. The second kappa shape index (κ2) is 7.69. The first-order valence-electron chi connectivity index (χ1n) is 9.03. The Kier molecular flexibility index (Phi) is 5.48. The highest BCUT2D eigenvalue weighted by Gasteiger charge is 2.40. The van der Waals surface area contributed by atoms with Crippen LogP contribution < -0.4 is 5.32 Å². The van der Waals surface area contributed by atoms with Gasteiger partial charge in [0.1, 0.15) is 6.54 Å². The van der Waals surface area contributed by atoms with Crippen molar-refractivity contribution in [3.8, 4) is 0 Å². The number of aryl methyl sites for hydroxylation is 2. The lowest BCUT2D eigenvalue weighted by atomic mass is 9.94. The van der Waals surface area contributed by atoms with Crippen molar-refractivity contribution < 1.29 is 18.4 Å². The van der Waals surface area contributed by atoms with Crippen LogP contribution in [-0.2, 0) is 18.4 Å². The minimum Gasteiger partial charge on any atom is -0.352 e. The Bertz CT molecular complexity index is 891. The first kappa shape index (κ1) is 20.0. The number of nitrogens with one attached hydrogen (secondary N) is 1. The third-order valence-corrected chi connectivity index (χ3v) is 5.33. The van der Waals surface area contributed by atoms with Gasteiger partial charge in [-0.05, 0) is 13.8 Å². The molecule has 8 nitrogen and oxygen atoms in total. The zero-order valence-corrected chi connectivity index (χ0v) is 16.3. The van der Waals surface area contributed by atoms with Gasteiger partial charge in [0, 0.05) is 50.4 Å². The number of alkyl halides is 2. The van der Waals surface area contributed by atoms with Crippen LogP contribution >= 0.6 is 0 Å². The molecule has 1 fully saturated rings. The summed E-state index contributed by atoms with van der Waals surface area (Å²) in [5.41, 5.74) is 2.56. The number of aromatic nitrogens is 4.